The third-order valence-corrected chi connectivity index (χ3v) is 5.48. The van der Waals surface area contributed by atoms with Crippen LogP contribution in [0.1, 0.15) is 5.56 Å². The summed E-state index contributed by atoms with van der Waals surface area (Å²) in [5, 5.41) is 16.0. The Bertz CT molecular complexity index is 1450. The molecule has 0 amide bonds. The molecule has 0 spiro atoms. The molecule has 132 valence electrons. The molecule has 1 heterocycles. The first-order valence-corrected chi connectivity index (χ1v) is 9.35. The van der Waals surface area contributed by atoms with Crippen molar-refractivity contribution in [3.63, 3.8) is 0 Å². The molecule has 1 aromatic heterocycles. The van der Waals surface area contributed by atoms with Gasteiger partial charge in [-0.25, -0.2) is 0 Å². The van der Waals surface area contributed by atoms with Gasteiger partial charge in [-0.2, -0.15) is 0 Å². The minimum atomic E-state index is 0.542. The van der Waals surface area contributed by atoms with Crippen LogP contribution in [-0.4, -0.2) is 10.2 Å². The van der Waals surface area contributed by atoms with Crippen LogP contribution in [-0.2, 0) is 0 Å². The van der Waals surface area contributed by atoms with Crippen molar-refractivity contribution >= 4 is 32.3 Å². The maximum absolute atomic E-state index is 6.06. The summed E-state index contributed by atoms with van der Waals surface area (Å²) >= 11 is 0. The average Bonchev–Trinajstić information content (AvgIpc) is 3.22. The second-order valence-corrected chi connectivity index (χ2v) is 7.25. The second-order valence-electron chi connectivity index (χ2n) is 7.25. The summed E-state index contributed by atoms with van der Waals surface area (Å²) in [4.78, 5) is 0. The summed E-state index contributed by atoms with van der Waals surface area (Å²) in [7, 11) is 0. The molecule has 0 aliphatic heterocycles. The third-order valence-electron chi connectivity index (χ3n) is 5.48. The molecule has 0 saturated heterocycles. The Morgan fingerprint density at radius 2 is 1.25 bits per heavy atom. The van der Waals surface area contributed by atoms with Crippen molar-refractivity contribution in [2.45, 2.75) is 6.92 Å². The fraction of sp³-hybridized carbons (Fsp3) is 0.0400. The summed E-state index contributed by atoms with van der Waals surface area (Å²) in [6.07, 6.45) is 0. The Morgan fingerprint density at radius 3 is 2.04 bits per heavy atom. The van der Waals surface area contributed by atoms with Crippen molar-refractivity contribution in [3.05, 3.63) is 84.4 Å². The average molecular weight is 360 g/mol. The molecule has 6 aromatic rings. The van der Waals surface area contributed by atoms with Gasteiger partial charge in [-0.1, -0.05) is 66.2 Å². The van der Waals surface area contributed by atoms with E-state index in [1.807, 2.05) is 12.1 Å². The molecule has 5 aromatic carbocycles. The van der Waals surface area contributed by atoms with Gasteiger partial charge in [0.25, 0.3) is 0 Å². The number of aryl methyl sites for hydroxylation is 1. The van der Waals surface area contributed by atoms with Gasteiger partial charge in [0.2, 0.25) is 11.8 Å². The van der Waals surface area contributed by atoms with Crippen LogP contribution in [0.2, 0.25) is 0 Å². The van der Waals surface area contributed by atoms with Crippen LogP contribution in [0.15, 0.2) is 83.3 Å². The number of rotatable bonds is 2. The molecule has 6 rings (SSSR count). The molecule has 3 heteroatoms. The van der Waals surface area contributed by atoms with Gasteiger partial charge in [0, 0.05) is 11.1 Å². The summed E-state index contributed by atoms with van der Waals surface area (Å²) in [6, 6.07) is 27.5. The van der Waals surface area contributed by atoms with Crippen LogP contribution in [0.3, 0.4) is 0 Å². The fourth-order valence-electron chi connectivity index (χ4n) is 4.07. The lowest BCUT2D eigenvalue weighted by atomic mass is 9.92. The summed E-state index contributed by atoms with van der Waals surface area (Å²) in [6.45, 7) is 2.06. The highest BCUT2D eigenvalue weighted by molar-refractivity contribution is 6.25. The SMILES string of the molecule is Cc1ccc(-c2nnc(-c3ccc4ccc5cccc6ccc3c4c56)o2)cc1. The summed E-state index contributed by atoms with van der Waals surface area (Å²) in [5.74, 6) is 1.09. The van der Waals surface area contributed by atoms with Crippen LogP contribution >= 0.6 is 0 Å². The van der Waals surface area contributed by atoms with E-state index in [1.54, 1.807) is 0 Å². The number of aromatic nitrogens is 2. The lowest BCUT2D eigenvalue weighted by Gasteiger charge is -2.12. The second kappa shape index (κ2) is 5.64. The molecule has 0 radical (unpaired) electrons. The van der Waals surface area contributed by atoms with Crippen molar-refractivity contribution in [2.75, 3.05) is 0 Å². The van der Waals surface area contributed by atoms with E-state index in [4.69, 9.17) is 4.42 Å². The molecule has 28 heavy (non-hydrogen) atoms. The minimum absolute atomic E-state index is 0.542. The van der Waals surface area contributed by atoms with Crippen LogP contribution < -0.4 is 0 Å². The van der Waals surface area contributed by atoms with Crippen molar-refractivity contribution in [3.8, 4) is 22.9 Å². The number of benzene rings is 5. The Morgan fingerprint density at radius 1 is 0.607 bits per heavy atom. The highest BCUT2D eigenvalue weighted by atomic mass is 16.4. The predicted molar refractivity (Wildman–Crippen MR) is 114 cm³/mol. The minimum Gasteiger partial charge on any atom is -0.416 e. The Hall–Kier alpha value is -3.72. The van der Waals surface area contributed by atoms with Gasteiger partial charge in [-0.3, -0.25) is 0 Å². The van der Waals surface area contributed by atoms with E-state index < -0.39 is 0 Å². The third kappa shape index (κ3) is 2.16. The van der Waals surface area contributed by atoms with Crippen molar-refractivity contribution < 1.29 is 4.42 Å². The van der Waals surface area contributed by atoms with E-state index >= 15 is 0 Å². The Labute approximate surface area is 161 Å². The lowest BCUT2D eigenvalue weighted by Crippen LogP contribution is -1.87. The molecule has 0 aliphatic carbocycles. The fourth-order valence-corrected chi connectivity index (χ4v) is 4.07. The smallest absolute Gasteiger partial charge is 0.248 e. The monoisotopic (exact) mass is 360 g/mol. The number of hydrogen-bond donors (Lipinski definition) is 0. The van der Waals surface area contributed by atoms with Gasteiger partial charge in [-0.15, -0.1) is 10.2 Å². The first-order chi connectivity index (χ1) is 13.8. The van der Waals surface area contributed by atoms with Gasteiger partial charge in [0.15, 0.2) is 0 Å². The van der Waals surface area contributed by atoms with Crippen LogP contribution in [0.4, 0.5) is 0 Å². The largest absolute Gasteiger partial charge is 0.416 e. The van der Waals surface area contributed by atoms with Gasteiger partial charge >= 0.3 is 0 Å². The van der Waals surface area contributed by atoms with E-state index in [-0.39, 0.29) is 0 Å². The molecule has 3 nitrogen and oxygen atoms in total. The Kier molecular flexibility index (Phi) is 3.09. The van der Waals surface area contributed by atoms with E-state index in [1.165, 1.54) is 32.5 Å². The molecular formula is C25H16N2O. The molecule has 0 fully saturated rings. The van der Waals surface area contributed by atoms with E-state index in [9.17, 15) is 0 Å². The van der Waals surface area contributed by atoms with Crippen molar-refractivity contribution in [1.82, 2.24) is 10.2 Å². The van der Waals surface area contributed by atoms with Gasteiger partial charge in [-0.05, 0) is 57.4 Å². The zero-order chi connectivity index (χ0) is 18.7. The predicted octanol–water partition coefficient (Wildman–Crippen LogP) is 6.61. The maximum Gasteiger partial charge on any atom is 0.248 e. The maximum atomic E-state index is 6.06. The van der Waals surface area contributed by atoms with Gasteiger partial charge in [0.05, 0.1) is 0 Å². The molecular weight excluding hydrogens is 344 g/mol. The highest BCUT2D eigenvalue weighted by Gasteiger charge is 2.16. The van der Waals surface area contributed by atoms with E-state index in [0.29, 0.717) is 11.8 Å². The highest BCUT2D eigenvalue weighted by Crippen LogP contribution is 2.39. The first kappa shape index (κ1) is 15.3. The van der Waals surface area contributed by atoms with Gasteiger partial charge < -0.3 is 4.42 Å². The molecule has 0 unspecified atom stereocenters. The van der Waals surface area contributed by atoms with E-state index in [0.717, 1.165) is 16.5 Å². The number of nitrogens with zero attached hydrogens (tertiary/aromatic N) is 2. The van der Waals surface area contributed by atoms with Crippen LogP contribution in [0.5, 0.6) is 0 Å². The lowest BCUT2D eigenvalue weighted by molar-refractivity contribution is 0.585. The van der Waals surface area contributed by atoms with Crippen molar-refractivity contribution in [1.29, 1.82) is 0 Å². The summed E-state index contributed by atoms with van der Waals surface area (Å²) < 4.78 is 6.06. The number of hydrogen-bond acceptors (Lipinski definition) is 3. The molecule has 0 N–H and O–H groups in total. The summed E-state index contributed by atoms with van der Waals surface area (Å²) in [5.41, 5.74) is 3.11. The molecule has 0 saturated carbocycles. The Balaban J connectivity index is 1.60. The van der Waals surface area contributed by atoms with Gasteiger partial charge in [0.1, 0.15) is 0 Å². The van der Waals surface area contributed by atoms with E-state index in [2.05, 4.69) is 83.9 Å². The normalized spacial score (nSPS) is 11.8. The van der Waals surface area contributed by atoms with Crippen molar-refractivity contribution in [2.24, 2.45) is 0 Å². The standard InChI is InChI=1S/C25H16N2O/c1-15-5-7-19(8-6-15)24-26-27-25(28-24)21-14-12-18-10-9-16-3-2-4-17-11-13-20(21)23(18)22(16)17/h2-14H,1H3. The molecule has 0 aliphatic rings. The zero-order valence-corrected chi connectivity index (χ0v) is 15.3. The topological polar surface area (TPSA) is 38.9 Å². The van der Waals surface area contributed by atoms with Crippen LogP contribution in [0, 0.1) is 6.92 Å². The van der Waals surface area contributed by atoms with Crippen LogP contribution in [0.25, 0.3) is 55.2 Å². The zero-order valence-electron chi connectivity index (χ0n) is 15.3. The quantitative estimate of drug-likeness (QED) is 0.326. The molecule has 0 atom stereocenters. The molecule has 0 bridgehead atoms. The first-order valence-electron chi connectivity index (χ1n) is 9.35.